The molecule has 202 valence electrons. The highest BCUT2D eigenvalue weighted by atomic mass is 35.5. The van der Waals surface area contributed by atoms with Gasteiger partial charge in [0.25, 0.3) is 0 Å². The zero-order valence-corrected chi connectivity index (χ0v) is 21.8. The highest BCUT2D eigenvalue weighted by Gasteiger charge is 2.28. The van der Waals surface area contributed by atoms with E-state index < -0.39 is 6.29 Å². The van der Waals surface area contributed by atoms with Crippen molar-refractivity contribution in [2.45, 2.75) is 63.6 Å². The monoisotopic (exact) mass is 533 g/mol. The molecule has 0 saturated heterocycles. The molecule has 0 bridgehead atoms. The van der Waals surface area contributed by atoms with Crippen LogP contribution in [0.15, 0.2) is 47.1 Å². The lowest BCUT2D eigenvalue weighted by Gasteiger charge is -2.30. The van der Waals surface area contributed by atoms with Crippen LogP contribution >= 0.6 is 11.6 Å². The number of carbonyl (C=O) groups excluding carboxylic acids is 2. The molecule has 4 atom stereocenters. The average molecular weight is 534 g/mol. The predicted octanol–water partition coefficient (Wildman–Crippen LogP) is 3.28. The van der Waals surface area contributed by atoms with Crippen LogP contribution in [-0.4, -0.2) is 44.6 Å². The van der Waals surface area contributed by atoms with Crippen molar-refractivity contribution >= 4 is 23.6 Å². The molecule has 1 aromatic carbocycles. The first kappa shape index (κ1) is 27.3. The molecule has 1 aliphatic heterocycles. The molecule has 4 rings (SSSR count). The number of allylic oxidation sites excluding steroid dienone is 3. The lowest BCUT2D eigenvalue weighted by atomic mass is 9.94. The number of para-hydroxylation sites is 1. The molecule has 0 aromatic heterocycles. The maximum absolute atomic E-state index is 12.5. The Morgan fingerprint density at radius 1 is 1.19 bits per heavy atom. The number of hydroxylamine groups is 1. The number of ether oxygens (including phenoxy) is 2. The Morgan fingerprint density at radius 3 is 2.81 bits per heavy atom. The van der Waals surface area contributed by atoms with E-state index in [-0.39, 0.29) is 37.3 Å². The van der Waals surface area contributed by atoms with Crippen molar-refractivity contribution in [3.05, 3.63) is 52.7 Å². The molecular formula is C26H36ClN5O5. The van der Waals surface area contributed by atoms with Crippen LogP contribution in [0, 0.1) is 5.92 Å². The first-order valence-corrected chi connectivity index (χ1v) is 13.2. The van der Waals surface area contributed by atoms with Gasteiger partial charge < -0.3 is 30.3 Å². The van der Waals surface area contributed by atoms with Crippen LogP contribution in [0.3, 0.4) is 0 Å². The number of urea groups is 1. The quantitative estimate of drug-likeness (QED) is 0.217. The van der Waals surface area contributed by atoms with Gasteiger partial charge in [0.15, 0.2) is 18.3 Å². The van der Waals surface area contributed by atoms with Gasteiger partial charge in [0, 0.05) is 29.4 Å². The van der Waals surface area contributed by atoms with Crippen LogP contribution in [0.2, 0.25) is 0 Å². The Kier molecular flexibility index (Phi) is 10.1. The number of benzene rings is 1. The molecule has 5 N–H and O–H groups in total. The van der Waals surface area contributed by atoms with E-state index in [2.05, 4.69) is 43.6 Å². The Balaban J connectivity index is 1.28. The Hall–Kier alpha value is -2.79. The summed E-state index contributed by atoms with van der Waals surface area (Å²) in [7, 11) is 1.32. The number of carbonyl (C=O) groups is 2. The molecule has 0 radical (unpaired) electrons. The molecule has 0 fully saturated rings. The minimum absolute atomic E-state index is 0.0533. The maximum Gasteiger partial charge on any atom is 0.317 e. The molecular weight excluding hydrogens is 498 g/mol. The second-order valence-electron chi connectivity index (χ2n) is 9.40. The number of halogens is 1. The number of hydrogen-bond acceptors (Lipinski definition) is 8. The van der Waals surface area contributed by atoms with Crippen molar-refractivity contribution in [1.29, 1.82) is 0 Å². The molecule has 11 heteroatoms. The summed E-state index contributed by atoms with van der Waals surface area (Å²) in [6.45, 7) is 0.924. The fraction of sp³-hybridized carbons (Fsp3) is 0.538. The van der Waals surface area contributed by atoms with Crippen LogP contribution in [0.5, 0.6) is 5.75 Å². The van der Waals surface area contributed by atoms with Crippen LogP contribution in [0.1, 0.15) is 56.7 Å². The molecule has 4 unspecified atom stereocenters. The first-order valence-electron chi connectivity index (χ1n) is 12.8. The van der Waals surface area contributed by atoms with Crippen LogP contribution < -0.4 is 31.6 Å². The minimum atomic E-state index is -0.472. The summed E-state index contributed by atoms with van der Waals surface area (Å²) in [6.07, 6.45) is 8.75. The second kappa shape index (κ2) is 13.7. The third-order valence-electron chi connectivity index (χ3n) is 6.69. The smallest absolute Gasteiger partial charge is 0.317 e. The zero-order chi connectivity index (χ0) is 26.0. The SMILES string of the molecule is COC(=O)CCNC(=O)NC(NCC1CC=C(Cl)CC1)NC1=CCC(OC2NOc3ccccc32)CC1. The van der Waals surface area contributed by atoms with Gasteiger partial charge in [0.05, 0.1) is 19.6 Å². The number of rotatable bonds is 11. The van der Waals surface area contributed by atoms with Gasteiger partial charge in [-0.05, 0) is 50.5 Å². The van der Waals surface area contributed by atoms with Crippen molar-refractivity contribution in [3.63, 3.8) is 0 Å². The summed E-state index contributed by atoms with van der Waals surface area (Å²) in [4.78, 5) is 29.3. The van der Waals surface area contributed by atoms with E-state index >= 15 is 0 Å². The molecule has 0 saturated carbocycles. The fourth-order valence-electron chi connectivity index (χ4n) is 4.54. The van der Waals surface area contributed by atoms with Gasteiger partial charge in [0.2, 0.25) is 0 Å². The molecule has 10 nitrogen and oxygen atoms in total. The number of amides is 2. The standard InChI is InChI=1S/C26H36ClN5O5/c1-35-23(33)14-15-28-26(34)31-25(29-16-17-6-8-18(27)9-7-17)30-19-10-12-20(13-11-19)36-24-21-4-2-3-5-22(21)37-32-24/h2-5,8,10,17,20,24-25,29-30,32H,6-7,9,11-16H2,1H3,(H2,28,31,34). The summed E-state index contributed by atoms with van der Waals surface area (Å²) in [5.74, 6) is 0.865. The second-order valence-corrected chi connectivity index (χ2v) is 9.89. The van der Waals surface area contributed by atoms with Crippen molar-refractivity contribution < 1.29 is 23.9 Å². The largest absolute Gasteiger partial charge is 0.469 e. The third kappa shape index (κ3) is 8.36. The van der Waals surface area contributed by atoms with Gasteiger partial charge in [-0.2, -0.15) is 0 Å². The van der Waals surface area contributed by atoms with Crippen LogP contribution in [0.4, 0.5) is 4.79 Å². The van der Waals surface area contributed by atoms with E-state index in [1.165, 1.54) is 7.11 Å². The van der Waals surface area contributed by atoms with E-state index in [0.29, 0.717) is 5.92 Å². The Labute approximate surface area is 222 Å². The highest BCUT2D eigenvalue weighted by molar-refractivity contribution is 6.29. The van der Waals surface area contributed by atoms with E-state index in [4.69, 9.17) is 21.2 Å². The number of esters is 1. The maximum atomic E-state index is 12.5. The normalized spacial score (nSPS) is 23.6. The number of fused-ring (bicyclic) bond motifs is 1. The van der Waals surface area contributed by atoms with Crippen LogP contribution in [0.25, 0.3) is 0 Å². The molecule has 2 amide bonds. The summed E-state index contributed by atoms with van der Waals surface area (Å²) in [6, 6.07) is 7.45. The Bertz CT molecular complexity index is 1000. The Morgan fingerprint density at radius 2 is 2.05 bits per heavy atom. The topological polar surface area (TPSA) is 122 Å². The zero-order valence-electron chi connectivity index (χ0n) is 21.1. The molecule has 0 spiro atoms. The van der Waals surface area contributed by atoms with Crippen LogP contribution in [-0.2, 0) is 14.3 Å². The van der Waals surface area contributed by atoms with E-state index in [9.17, 15) is 9.59 Å². The molecule has 2 aliphatic carbocycles. The lowest BCUT2D eigenvalue weighted by Crippen LogP contribution is -2.57. The molecule has 3 aliphatic rings. The summed E-state index contributed by atoms with van der Waals surface area (Å²) < 4.78 is 10.9. The summed E-state index contributed by atoms with van der Waals surface area (Å²) in [5, 5.41) is 13.4. The van der Waals surface area contributed by atoms with Gasteiger partial charge in [0.1, 0.15) is 0 Å². The molecule has 1 heterocycles. The molecule has 1 aromatic rings. The van der Waals surface area contributed by atoms with Gasteiger partial charge >= 0.3 is 12.0 Å². The van der Waals surface area contributed by atoms with E-state index in [1.807, 2.05) is 24.3 Å². The molecule has 37 heavy (non-hydrogen) atoms. The third-order valence-corrected chi connectivity index (χ3v) is 7.03. The highest BCUT2D eigenvalue weighted by Crippen LogP contribution is 2.33. The van der Waals surface area contributed by atoms with Crippen molar-refractivity contribution in [3.8, 4) is 5.75 Å². The van der Waals surface area contributed by atoms with Gasteiger partial charge in [-0.15, -0.1) is 5.48 Å². The predicted molar refractivity (Wildman–Crippen MR) is 139 cm³/mol. The average Bonchev–Trinajstić information content (AvgIpc) is 3.32. The van der Waals surface area contributed by atoms with Crippen molar-refractivity contribution in [1.82, 2.24) is 26.7 Å². The van der Waals surface area contributed by atoms with Gasteiger partial charge in [-0.1, -0.05) is 42.0 Å². The summed E-state index contributed by atoms with van der Waals surface area (Å²) in [5.41, 5.74) is 4.99. The fourth-order valence-corrected chi connectivity index (χ4v) is 4.74. The van der Waals surface area contributed by atoms with Gasteiger partial charge in [-0.25, -0.2) is 4.79 Å². The minimum Gasteiger partial charge on any atom is -0.469 e. The van der Waals surface area contributed by atoms with Crippen molar-refractivity contribution in [2.75, 3.05) is 20.2 Å². The first-order chi connectivity index (χ1) is 18.0. The van der Waals surface area contributed by atoms with E-state index in [1.54, 1.807) is 0 Å². The number of methoxy groups -OCH3 is 1. The number of hydrogen-bond donors (Lipinski definition) is 5. The van der Waals surface area contributed by atoms with Gasteiger partial charge in [-0.3, -0.25) is 10.1 Å². The van der Waals surface area contributed by atoms with E-state index in [0.717, 1.165) is 67.1 Å². The summed E-state index contributed by atoms with van der Waals surface area (Å²) >= 11 is 6.12. The van der Waals surface area contributed by atoms with Crippen molar-refractivity contribution in [2.24, 2.45) is 5.92 Å². The number of nitrogens with one attached hydrogen (secondary N) is 5. The lowest BCUT2D eigenvalue weighted by molar-refractivity contribution is -0.140.